The molecule has 2 aliphatic heterocycles. The summed E-state index contributed by atoms with van der Waals surface area (Å²) in [5.74, 6) is 0. The van der Waals surface area contributed by atoms with Crippen LogP contribution in [-0.2, 0) is 15.9 Å². The molecule has 0 spiro atoms. The van der Waals surface area contributed by atoms with Crippen LogP contribution >= 0.6 is 0 Å². The lowest BCUT2D eigenvalue weighted by Gasteiger charge is -2.36. The lowest BCUT2D eigenvalue weighted by molar-refractivity contribution is -0.873. The number of quaternary nitrogens is 1. The summed E-state index contributed by atoms with van der Waals surface area (Å²) >= 11 is 0. The topological polar surface area (TPSA) is 51.0 Å². The Balaban J connectivity index is 1.33. The number of nitrogen functional groups attached to an aromatic ring is 1. The standard InChI is InChI=1S/C20H35N4O2/c1-24(2,3)16-19-15-22(9-13-26-19)8-11-25-12-10-23-7-6-17-4-5-18(21)14-20(17)23/h4-5,14,19H,6-13,15-16,21H2,1-3H3/q+1. The van der Waals surface area contributed by atoms with Crippen molar-refractivity contribution in [2.45, 2.75) is 12.5 Å². The zero-order chi connectivity index (χ0) is 18.6. The van der Waals surface area contributed by atoms with E-state index in [1.807, 2.05) is 6.07 Å². The molecule has 2 heterocycles. The van der Waals surface area contributed by atoms with Gasteiger partial charge in [-0.15, -0.1) is 0 Å². The van der Waals surface area contributed by atoms with E-state index in [1.54, 1.807) is 0 Å². The molecule has 26 heavy (non-hydrogen) atoms. The summed E-state index contributed by atoms with van der Waals surface area (Å²) in [4.78, 5) is 4.85. The highest BCUT2D eigenvalue weighted by Gasteiger charge is 2.25. The van der Waals surface area contributed by atoms with E-state index in [4.69, 9.17) is 15.2 Å². The van der Waals surface area contributed by atoms with Gasteiger partial charge in [-0.2, -0.15) is 0 Å². The van der Waals surface area contributed by atoms with Gasteiger partial charge in [0.05, 0.1) is 41.0 Å². The molecule has 0 bridgehead atoms. The van der Waals surface area contributed by atoms with Crippen molar-refractivity contribution in [2.24, 2.45) is 0 Å². The van der Waals surface area contributed by atoms with Crippen molar-refractivity contribution in [3.05, 3.63) is 23.8 Å². The third-order valence-electron chi connectivity index (χ3n) is 5.13. The minimum Gasteiger partial charge on any atom is -0.399 e. The van der Waals surface area contributed by atoms with Gasteiger partial charge in [-0.3, -0.25) is 4.90 Å². The zero-order valence-electron chi connectivity index (χ0n) is 16.6. The van der Waals surface area contributed by atoms with Gasteiger partial charge in [0, 0.05) is 44.1 Å². The summed E-state index contributed by atoms with van der Waals surface area (Å²) in [6, 6.07) is 6.23. The van der Waals surface area contributed by atoms with Gasteiger partial charge in [0.25, 0.3) is 0 Å². The fourth-order valence-corrected chi connectivity index (χ4v) is 3.87. The SMILES string of the molecule is C[N+](C)(C)CC1CN(CCOCCN2CCc3ccc(N)cc32)CCO1. The molecule has 6 nitrogen and oxygen atoms in total. The molecule has 146 valence electrons. The minimum absolute atomic E-state index is 0.329. The van der Waals surface area contributed by atoms with Crippen LogP contribution in [0.2, 0.25) is 0 Å². The van der Waals surface area contributed by atoms with Crippen molar-refractivity contribution < 1.29 is 14.0 Å². The molecule has 1 aromatic rings. The van der Waals surface area contributed by atoms with Gasteiger partial charge in [0.1, 0.15) is 12.6 Å². The maximum atomic E-state index is 5.93. The number of hydrogen-bond donors (Lipinski definition) is 1. The number of nitrogens with zero attached hydrogens (tertiary/aromatic N) is 3. The Kier molecular flexibility index (Phi) is 6.40. The van der Waals surface area contributed by atoms with Crippen LogP contribution in [0, 0.1) is 0 Å². The number of rotatable bonds is 8. The monoisotopic (exact) mass is 363 g/mol. The van der Waals surface area contributed by atoms with Crippen molar-refractivity contribution in [2.75, 3.05) is 90.9 Å². The maximum absolute atomic E-state index is 5.93. The number of fused-ring (bicyclic) bond motifs is 1. The van der Waals surface area contributed by atoms with Gasteiger partial charge in [0.15, 0.2) is 0 Å². The van der Waals surface area contributed by atoms with E-state index >= 15 is 0 Å². The Morgan fingerprint density at radius 2 is 2.00 bits per heavy atom. The van der Waals surface area contributed by atoms with Gasteiger partial charge < -0.3 is 24.6 Å². The van der Waals surface area contributed by atoms with Gasteiger partial charge >= 0.3 is 0 Å². The van der Waals surface area contributed by atoms with Gasteiger partial charge in [-0.05, 0) is 24.1 Å². The molecule has 0 saturated carbocycles. The van der Waals surface area contributed by atoms with E-state index in [9.17, 15) is 0 Å². The zero-order valence-corrected chi connectivity index (χ0v) is 16.6. The number of benzene rings is 1. The molecule has 1 atom stereocenters. The highest BCUT2D eigenvalue weighted by atomic mass is 16.5. The predicted molar refractivity (Wildman–Crippen MR) is 107 cm³/mol. The predicted octanol–water partition coefficient (Wildman–Crippen LogP) is 1.05. The second kappa shape index (κ2) is 8.57. The van der Waals surface area contributed by atoms with E-state index in [1.165, 1.54) is 11.3 Å². The average Bonchev–Trinajstić information content (AvgIpc) is 2.95. The first-order chi connectivity index (χ1) is 12.4. The molecular weight excluding hydrogens is 328 g/mol. The Labute approximate surface area is 158 Å². The highest BCUT2D eigenvalue weighted by molar-refractivity contribution is 5.64. The van der Waals surface area contributed by atoms with Crippen molar-refractivity contribution in [1.82, 2.24) is 4.90 Å². The first-order valence-electron chi connectivity index (χ1n) is 9.76. The van der Waals surface area contributed by atoms with Crippen LogP contribution in [0.4, 0.5) is 11.4 Å². The highest BCUT2D eigenvalue weighted by Crippen LogP contribution is 2.29. The average molecular weight is 364 g/mol. The second-order valence-corrected chi connectivity index (χ2v) is 8.50. The van der Waals surface area contributed by atoms with Gasteiger partial charge in [0.2, 0.25) is 0 Å². The molecule has 1 saturated heterocycles. The van der Waals surface area contributed by atoms with Crippen molar-refractivity contribution in [3.8, 4) is 0 Å². The number of morpholine rings is 1. The van der Waals surface area contributed by atoms with E-state index in [0.717, 1.165) is 75.7 Å². The maximum Gasteiger partial charge on any atom is 0.119 e. The quantitative estimate of drug-likeness (QED) is 0.425. The van der Waals surface area contributed by atoms with Crippen LogP contribution in [0.15, 0.2) is 18.2 Å². The van der Waals surface area contributed by atoms with Crippen LogP contribution in [0.3, 0.4) is 0 Å². The van der Waals surface area contributed by atoms with Crippen LogP contribution in [-0.4, -0.2) is 95.7 Å². The largest absolute Gasteiger partial charge is 0.399 e. The Morgan fingerprint density at radius 1 is 1.19 bits per heavy atom. The number of likely N-dealkylation sites (N-methyl/N-ethyl adjacent to an activating group) is 1. The summed E-state index contributed by atoms with van der Waals surface area (Å²) in [5.41, 5.74) is 9.45. The summed E-state index contributed by atoms with van der Waals surface area (Å²) in [6.07, 6.45) is 1.44. The van der Waals surface area contributed by atoms with Gasteiger partial charge in [-0.25, -0.2) is 0 Å². The van der Waals surface area contributed by atoms with E-state index in [0.29, 0.717) is 6.10 Å². The molecule has 1 fully saturated rings. The number of anilines is 2. The molecule has 1 aromatic carbocycles. The Hall–Kier alpha value is -1.34. The summed E-state index contributed by atoms with van der Waals surface area (Å²) in [6.45, 7) is 8.44. The summed E-state index contributed by atoms with van der Waals surface area (Å²) in [7, 11) is 6.65. The molecule has 2 aliphatic rings. The molecule has 2 N–H and O–H groups in total. The van der Waals surface area contributed by atoms with Crippen LogP contribution in [0.1, 0.15) is 5.56 Å². The fraction of sp³-hybridized carbons (Fsp3) is 0.700. The first kappa shape index (κ1) is 19.4. The molecule has 1 unspecified atom stereocenters. The Bertz CT molecular complexity index is 588. The third kappa shape index (κ3) is 5.58. The molecule has 3 rings (SSSR count). The van der Waals surface area contributed by atoms with Crippen molar-refractivity contribution in [3.63, 3.8) is 0 Å². The first-order valence-corrected chi connectivity index (χ1v) is 9.76. The summed E-state index contributed by atoms with van der Waals surface area (Å²) < 4.78 is 12.8. The molecule has 6 heteroatoms. The minimum atomic E-state index is 0.329. The van der Waals surface area contributed by atoms with E-state index in [-0.39, 0.29) is 0 Å². The van der Waals surface area contributed by atoms with Crippen LogP contribution in [0.25, 0.3) is 0 Å². The molecule has 0 radical (unpaired) electrons. The normalized spacial score (nSPS) is 21.2. The number of hydrogen-bond acceptors (Lipinski definition) is 5. The van der Waals surface area contributed by atoms with Crippen LogP contribution in [0.5, 0.6) is 0 Å². The van der Waals surface area contributed by atoms with Crippen molar-refractivity contribution >= 4 is 11.4 Å². The molecule has 0 amide bonds. The van der Waals surface area contributed by atoms with E-state index < -0.39 is 0 Å². The lowest BCUT2D eigenvalue weighted by Crippen LogP contribution is -2.51. The fourth-order valence-electron chi connectivity index (χ4n) is 3.87. The Morgan fingerprint density at radius 3 is 2.81 bits per heavy atom. The van der Waals surface area contributed by atoms with Gasteiger partial charge in [-0.1, -0.05) is 6.07 Å². The van der Waals surface area contributed by atoms with E-state index in [2.05, 4.69) is 43.1 Å². The smallest absolute Gasteiger partial charge is 0.119 e. The third-order valence-corrected chi connectivity index (χ3v) is 5.13. The number of ether oxygens (including phenoxy) is 2. The molecular formula is C20H35N4O2+. The van der Waals surface area contributed by atoms with Crippen molar-refractivity contribution in [1.29, 1.82) is 0 Å². The molecule has 0 aromatic heterocycles. The lowest BCUT2D eigenvalue weighted by atomic mass is 10.1. The summed E-state index contributed by atoms with van der Waals surface area (Å²) in [5, 5.41) is 0. The second-order valence-electron chi connectivity index (χ2n) is 8.50. The number of nitrogens with two attached hydrogens (primary N) is 1. The molecule has 0 aliphatic carbocycles. The van der Waals surface area contributed by atoms with Crippen LogP contribution < -0.4 is 10.6 Å².